The number of fused-ring (bicyclic) bond motifs is 1. The highest BCUT2D eigenvalue weighted by atomic mass is 32.2. The molecule has 0 saturated heterocycles. The summed E-state index contributed by atoms with van der Waals surface area (Å²) in [6.07, 6.45) is 1.52. The zero-order chi connectivity index (χ0) is 16.5. The number of benzene rings is 1. The minimum Gasteiger partial charge on any atom is -0.481 e. The normalized spacial score (nSPS) is 16.5. The molecule has 0 bridgehead atoms. The quantitative estimate of drug-likeness (QED) is 0.785. The van der Waals surface area contributed by atoms with E-state index in [1.807, 2.05) is 30.3 Å². The van der Waals surface area contributed by atoms with Crippen LogP contribution in [-0.4, -0.2) is 36.9 Å². The standard InChI is InChI=1S/C16H12N4O3S/c21-13(22)9-12-14(10-5-2-1-3-6-10)19-20-15(11-7-4-8-23-11)17-18-16(20)24-12/h1-8,12H,9H2,(H,21,22)/t12-/m0/s1. The number of furan rings is 1. The predicted molar refractivity (Wildman–Crippen MR) is 88.0 cm³/mol. The molecule has 8 heteroatoms. The van der Waals surface area contributed by atoms with Crippen molar-refractivity contribution in [2.45, 2.75) is 16.8 Å². The molecule has 1 aliphatic heterocycles. The minimum atomic E-state index is -0.879. The molecule has 24 heavy (non-hydrogen) atoms. The Hall–Kier alpha value is -2.87. The molecule has 0 saturated carbocycles. The van der Waals surface area contributed by atoms with Gasteiger partial charge in [-0.15, -0.1) is 10.2 Å². The van der Waals surface area contributed by atoms with Crippen LogP contribution in [0.4, 0.5) is 0 Å². The van der Waals surface area contributed by atoms with Crippen LogP contribution in [0.15, 0.2) is 63.4 Å². The predicted octanol–water partition coefficient (Wildman–Crippen LogP) is 2.74. The molecule has 3 heterocycles. The van der Waals surface area contributed by atoms with Gasteiger partial charge in [0.25, 0.3) is 0 Å². The SMILES string of the molecule is O=C(O)C[C@@H]1Sc2nnc(-c3ccco3)n2N=C1c1ccccc1. The summed E-state index contributed by atoms with van der Waals surface area (Å²) < 4.78 is 6.98. The highest BCUT2D eigenvalue weighted by Crippen LogP contribution is 2.34. The molecule has 3 aromatic rings. The molecule has 1 aromatic carbocycles. The van der Waals surface area contributed by atoms with Crippen LogP contribution in [0, 0.1) is 0 Å². The van der Waals surface area contributed by atoms with Gasteiger partial charge in [-0.2, -0.15) is 9.78 Å². The number of nitrogens with zero attached hydrogens (tertiary/aromatic N) is 4. The van der Waals surface area contributed by atoms with E-state index in [2.05, 4.69) is 15.3 Å². The van der Waals surface area contributed by atoms with Crippen molar-refractivity contribution in [3.8, 4) is 11.6 Å². The summed E-state index contributed by atoms with van der Waals surface area (Å²) >= 11 is 1.34. The van der Waals surface area contributed by atoms with Gasteiger partial charge >= 0.3 is 5.97 Å². The first-order valence-corrected chi connectivity index (χ1v) is 8.12. The molecule has 1 atom stereocenters. The van der Waals surface area contributed by atoms with E-state index in [1.165, 1.54) is 11.8 Å². The third kappa shape index (κ3) is 2.61. The maximum Gasteiger partial charge on any atom is 0.304 e. The molecule has 7 nitrogen and oxygen atoms in total. The molecule has 1 N–H and O–H groups in total. The zero-order valence-corrected chi connectivity index (χ0v) is 13.2. The molecule has 0 fully saturated rings. The molecule has 1 aliphatic rings. The van der Waals surface area contributed by atoms with Crippen molar-refractivity contribution in [2.75, 3.05) is 0 Å². The lowest BCUT2D eigenvalue weighted by Gasteiger charge is -2.21. The topological polar surface area (TPSA) is 93.5 Å². The van der Waals surface area contributed by atoms with Gasteiger partial charge in [0.05, 0.1) is 23.6 Å². The fourth-order valence-electron chi connectivity index (χ4n) is 2.49. The Morgan fingerprint density at radius 1 is 1.21 bits per heavy atom. The average Bonchev–Trinajstić information content (AvgIpc) is 3.23. The summed E-state index contributed by atoms with van der Waals surface area (Å²) in [5.74, 6) is 0.169. The molecule has 2 aromatic heterocycles. The van der Waals surface area contributed by atoms with Crippen LogP contribution in [0.3, 0.4) is 0 Å². The summed E-state index contributed by atoms with van der Waals surface area (Å²) in [7, 11) is 0. The molecule has 0 radical (unpaired) electrons. The van der Waals surface area contributed by atoms with E-state index in [1.54, 1.807) is 23.1 Å². The van der Waals surface area contributed by atoms with E-state index in [0.717, 1.165) is 5.56 Å². The number of hydrogen-bond acceptors (Lipinski definition) is 6. The second kappa shape index (κ2) is 5.97. The van der Waals surface area contributed by atoms with Crippen molar-refractivity contribution in [1.29, 1.82) is 0 Å². The number of aromatic nitrogens is 3. The summed E-state index contributed by atoms with van der Waals surface area (Å²) in [6.45, 7) is 0. The Morgan fingerprint density at radius 3 is 2.75 bits per heavy atom. The van der Waals surface area contributed by atoms with Crippen molar-refractivity contribution in [3.05, 3.63) is 54.3 Å². The second-order valence-corrected chi connectivity index (χ2v) is 6.32. The van der Waals surface area contributed by atoms with E-state index >= 15 is 0 Å². The molecule has 120 valence electrons. The first kappa shape index (κ1) is 14.7. The number of carboxylic acids is 1. The number of carboxylic acid groups (broad SMARTS) is 1. The Bertz CT molecular complexity index is 903. The lowest BCUT2D eigenvalue weighted by atomic mass is 10.1. The Balaban J connectivity index is 1.83. The molecule has 0 spiro atoms. The molecular formula is C16H12N4O3S. The largest absolute Gasteiger partial charge is 0.481 e. The summed E-state index contributed by atoms with van der Waals surface area (Å²) in [6, 6.07) is 13.1. The van der Waals surface area contributed by atoms with Crippen molar-refractivity contribution in [2.24, 2.45) is 5.10 Å². The van der Waals surface area contributed by atoms with Crippen LogP contribution < -0.4 is 0 Å². The number of carbonyl (C=O) groups is 1. The van der Waals surface area contributed by atoms with Crippen LogP contribution in [0.25, 0.3) is 11.6 Å². The van der Waals surface area contributed by atoms with Gasteiger partial charge < -0.3 is 9.52 Å². The fraction of sp³-hybridized carbons (Fsp3) is 0.125. The van der Waals surface area contributed by atoms with Crippen LogP contribution in [0.1, 0.15) is 12.0 Å². The molecule has 0 amide bonds. The van der Waals surface area contributed by atoms with Gasteiger partial charge in [0.15, 0.2) is 5.76 Å². The van der Waals surface area contributed by atoms with E-state index in [4.69, 9.17) is 4.42 Å². The maximum atomic E-state index is 11.2. The van der Waals surface area contributed by atoms with Crippen molar-refractivity contribution in [1.82, 2.24) is 14.9 Å². The van der Waals surface area contributed by atoms with Crippen molar-refractivity contribution < 1.29 is 14.3 Å². The zero-order valence-electron chi connectivity index (χ0n) is 12.4. The first-order valence-electron chi connectivity index (χ1n) is 7.24. The van der Waals surface area contributed by atoms with Gasteiger partial charge in [0.1, 0.15) is 0 Å². The summed E-state index contributed by atoms with van der Waals surface area (Å²) in [5, 5.41) is 22.3. The van der Waals surface area contributed by atoms with E-state index < -0.39 is 5.97 Å². The Labute approximate surface area is 141 Å². The van der Waals surface area contributed by atoms with E-state index in [-0.39, 0.29) is 11.7 Å². The minimum absolute atomic E-state index is 0.0403. The van der Waals surface area contributed by atoms with Crippen molar-refractivity contribution in [3.63, 3.8) is 0 Å². The highest BCUT2D eigenvalue weighted by Gasteiger charge is 2.31. The van der Waals surface area contributed by atoms with Gasteiger partial charge in [-0.1, -0.05) is 42.1 Å². The van der Waals surface area contributed by atoms with E-state index in [9.17, 15) is 9.90 Å². The first-order chi connectivity index (χ1) is 11.7. The summed E-state index contributed by atoms with van der Waals surface area (Å²) in [4.78, 5) is 11.2. The van der Waals surface area contributed by atoms with Gasteiger partial charge in [0.2, 0.25) is 11.0 Å². The second-order valence-electron chi connectivity index (χ2n) is 5.15. The molecule has 4 rings (SSSR count). The Kier molecular flexibility index (Phi) is 3.66. The molecular weight excluding hydrogens is 328 g/mol. The highest BCUT2D eigenvalue weighted by molar-refractivity contribution is 8.00. The lowest BCUT2D eigenvalue weighted by molar-refractivity contribution is -0.136. The molecule has 0 unspecified atom stereocenters. The average molecular weight is 340 g/mol. The lowest BCUT2D eigenvalue weighted by Crippen LogP contribution is -2.27. The fourth-order valence-corrected chi connectivity index (χ4v) is 3.58. The monoisotopic (exact) mass is 340 g/mol. The van der Waals surface area contributed by atoms with Gasteiger partial charge in [-0.05, 0) is 17.7 Å². The number of hydrogen-bond donors (Lipinski definition) is 1. The number of rotatable bonds is 4. The smallest absolute Gasteiger partial charge is 0.304 e. The third-order valence-corrected chi connectivity index (χ3v) is 4.68. The van der Waals surface area contributed by atoms with E-state index in [0.29, 0.717) is 22.5 Å². The molecule has 0 aliphatic carbocycles. The number of thioether (sulfide) groups is 1. The number of aliphatic carboxylic acids is 1. The van der Waals surface area contributed by atoms with Crippen LogP contribution in [0.5, 0.6) is 0 Å². The van der Waals surface area contributed by atoms with Crippen LogP contribution in [-0.2, 0) is 4.79 Å². The van der Waals surface area contributed by atoms with Gasteiger partial charge in [0, 0.05) is 0 Å². The van der Waals surface area contributed by atoms with Crippen molar-refractivity contribution >= 4 is 23.4 Å². The summed E-state index contributed by atoms with van der Waals surface area (Å²) in [5.41, 5.74) is 1.56. The van der Waals surface area contributed by atoms with Gasteiger partial charge in [-0.3, -0.25) is 4.79 Å². The Morgan fingerprint density at radius 2 is 2.04 bits per heavy atom. The third-order valence-electron chi connectivity index (χ3n) is 3.54. The van der Waals surface area contributed by atoms with Crippen LogP contribution in [0.2, 0.25) is 0 Å². The van der Waals surface area contributed by atoms with Gasteiger partial charge in [-0.25, -0.2) is 0 Å². The van der Waals surface area contributed by atoms with Crippen LogP contribution >= 0.6 is 11.8 Å². The maximum absolute atomic E-state index is 11.2.